The first-order valence-electron chi connectivity index (χ1n) is 10.9. The van der Waals surface area contributed by atoms with Crippen LogP contribution in [0.15, 0.2) is 75.8 Å². The molecule has 0 saturated heterocycles. The number of non-ortho nitro benzene ring substituents is 1. The molecule has 0 aliphatic carbocycles. The van der Waals surface area contributed by atoms with E-state index in [1.54, 1.807) is 26.8 Å². The second-order valence-electron chi connectivity index (χ2n) is 7.50. The molecule has 0 aromatic heterocycles. The van der Waals surface area contributed by atoms with Crippen molar-refractivity contribution >= 4 is 35.1 Å². The van der Waals surface area contributed by atoms with Crippen molar-refractivity contribution in [2.75, 3.05) is 19.0 Å². The van der Waals surface area contributed by atoms with Gasteiger partial charge in [-0.2, -0.15) is 0 Å². The van der Waals surface area contributed by atoms with E-state index in [-0.39, 0.29) is 24.5 Å². The quantitative estimate of drug-likeness (QED) is 0.215. The summed E-state index contributed by atoms with van der Waals surface area (Å²) >= 11 is 1.50. The first-order valence-corrected chi connectivity index (χ1v) is 11.9. The second kappa shape index (κ2) is 11.6. The van der Waals surface area contributed by atoms with E-state index in [4.69, 9.17) is 9.47 Å². The van der Waals surface area contributed by atoms with Crippen LogP contribution in [-0.4, -0.2) is 41.5 Å². The van der Waals surface area contributed by atoms with Crippen molar-refractivity contribution in [3.8, 4) is 0 Å². The van der Waals surface area contributed by atoms with Crippen LogP contribution in [-0.2, 0) is 19.1 Å². The molecule has 0 saturated carbocycles. The maximum atomic E-state index is 13.2. The molecule has 0 bridgehead atoms. The Labute approximate surface area is 202 Å². The number of benzene rings is 2. The van der Waals surface area contributed by atoms with Crippen molar-refractivity contribution in [2.45, 2.75) is 31.6 Å². The second-order valence-corrected chi connectivity index (χ2v) is 8.54. The summed E-state index contributed by atoms with van der Waals surface area (Å²) in [6, 6.07) is 15.6. The Bertz CT molecular complexity index is 1130. The fourth-order valence-corrected chi connectivity index (χ4v) is 4.76. The smallest absolute Gasteiger partial charge is 0.336 e. The lowest BCUT2D eigenvalue weighted by Crippen LogP contribution is -2.37. The Morgan fingerprint density at radius 3 is 2.41 bits per heavy atom. The molecule has 9 heteroatoms. The van der Waals surface area contributed by atoms with E-state index in [9.17, 15) is 19.7 Å². The van der Waals surface area contributed by atoms with Crippen LogP contribution in [0, 0.1) is 16.0 Å². The van der Waals surface area contributed by atoms with E-state index in [0.717, 1.165) is 4.90 Å². The van der Waals surface area contributed by atoms with Gasteiger partial charge in [-0.05, 0) is 38.5 Å². The summed E-state index contributed by atoms with van der Waals surface area (Å²) < 4.78 is 10.7. The molecule has 2 aromatic carbocycles. The highest BCUT2D eigenvalue weighted by Gasteiger charge is 2.43. The number of nitro benzene ring substituents is 1. The number of nitro groups is 1. The molecule has 0 radical (unpaired) electrons. The van der Waals surface area contributed by atoms with Crippen molar-refractivity contribution in [3.63, 3.8) is 0 Å². The molecule has 178 valence electrons. The summed E-state index contributed by atoms with van der Waals surface area (Å²) in [6.45, 7) is 5.38. The predicted octanol–water partition coefficient (Wildman–Crippen LogP) is 4.94. The fourth-order valence-electron chi connectivity index (χ4n) is 3.89. The predicted molar refractivity (Wildman–Crippen MR) is 130 cm³/mol. The lowest BCUT2D eigenvalue weighted by atomic mass is 9.75. The van der Waals surface area contributed by atoms with E-state index in [1.165, 1.54) is 30.0 Å². The largest absolute Gasteiger partial charge is 0.465 e. The van der Waals surface area contributed by atoms with Crippen molar-refractivity contribution in [2.24, 2.45) is 10.9 Å². The van der Waals surface area contributed by atoms with Gasteiger partial charge in [-0.1, -0.05) is 30.3 Å². The van der Waals surface area contributed by atoms with Gasteiger partial charge in [-0.3, -0.25) is 19.9 Å². The van der Waals surface area contributed by atoms with E-state index in [0.29, 0.717) is 22.7 Å². The maximum absolute atomic E-state index is 13.2. The molecule has 0 amide bonds. The minimum absolute atomic E-state index is 0.135. The molecule has 1 aliphatic heterocycles. The number of hydrogen-bond acceptors (Lipinski definition) is 8. The van der Waals surface area contributed by atoms with Crippen molar-refractivity contribution in [3.05, 3.63) is 81.5 Å². The highest BCUT2D eigenvalue weighted by molar-refractivity contribution is 7.99. The summed E-state index contributed by atoms with van der Waals surface area (Å²) in [5, 5.41) is 11.4. The van der Waals surface area contributed by atoms with Crippen molar-refractivity contribution < 1.29 is 24.0 Å². The van der Waals surface area contributed by atoms with Gasteiger partial charge in [-0.25, -0.2) is 4.79 Å². The Balaban J connectivity index is 2.17. The van der Waals surface area contributed by atoms with Crippen molar-refractivity contribution in [1.82, 2.24) is 0 Å². The lowest BCUT2D eigenvalue weighted by Gasteiger charge is -2.32. The molecule has 34 heavy (non-hydrogen) atoms. The highest BCUT2D eigenvalue weighted by Crippen LogP contribution is 2.42. The number of thioether (sulfide) groups is 1. The fraction of sp³-hybridized carbons (Fsp3) is 0.320. The SMILES string of the molecule is CCOC(=O)C1=C(CSc2ccccc2)N=C(C)C(C(=O)OCC)C1c1cccc([N+](=O)[O-])c1. The average molecular weight is 483 g/mol. The third kappa shape index (κ3) is 5.72. The number of esters is 2. The minimum atomic E-state index is -0.910. The number of hydrogen-bond donors (Lipinski definition) is 0. The van der Waals surface area contributed by atoms with Crippen LogP contribution >= 0.6 is 11.8 Å². The third-order valence-corrected chi connectivity index (χ3v) is 6.33. The van der Waals surface area contributed by atoms with Crippen LogP contribution in [0.25, 0.3) is 0 Å². The normalized spacial score (nSPS) is 17.7. The van der Waals surface area contributed by atoms with E-state index >= 15 is 0 Å². The molecular weight excluding hydrogens is 456 g/mol. The maximum Gasteiger partial charge on any atom is 0.336 e. The number of rotatable bonds is 9. The molecule has 0 spiro atoms. The molecule has 2 unspecified atom stereocenters. The van der Waals surface area contributed by atoms with Gasteiger partial charge < -0.3 is 9.47 Å². The molecule has 1 heterocycles. The van der Waals surface area contributed by atoms with Crippen LogP contribution in [0.1, 0.15) is 32.3 Å². The van der Waals surface area contributed by atoms with Crippen LogP contribution < -0.4 is 0 Å². The van der Waals surface area contributed by atoms with E-state index in [1.807, 2.05) is 30.3 Å². The number of ether oxygens (including phenoxy) is 2. The van der Waals surface area contributed by atoms with Gasteiger partial charge >= 0.3 is 11.9 Å². The van der Waals surface area contributed by atoms with Gasteiger partial charge in [0.05, 0.1) is 29.4 Å². The summed E-state index contributed by atoms with van der Waals surface area (Å²) in [4.78, 5) is 42.8. The summed E-state index contributed by atoms with van der Waals surface area (Å²) in [7, 11) is 0. The molecule has 2 atom stereocenters. The van der Waals surface area contributed by atoms with Crippen LogP contribution in [0.3, 0.4) is 0 Å². The lowest BCUT2D eigenvalue weighted by molar-refractivity contribution is -0.384. The number of carbonyl (C=O) groups is 2. The number of carbonyl (C=O) groups excluding carboxylic acids is 2. The summed E-state index contributed by atoms with van der Waals surface area (Å²) in [5.41, 5.74) is 1.48. The van der Waals surface area contributed by atoms with Gasteiger partial charge in [0, 0.05) is 34.4 Å². The van der Waals surface area contributed by atoms with E-state index < -0.39 is 28.7 Å². The zero-order valence-corrected chi connectivity index (χ0v) is 20.0. The summed E-state index contributed by atoms with van der Waals surface area (Å²) in [6.07, 6.45) is 0. The van der Waals surface area contributed by atoms with Gasteiger partial charge in [0.15, 0.2) is 0 Å². The summed E-state index contributed by atoms with van der Waals surface area (Å²) in [5.74, 6) is -2.53. The van der Waals surface area contributed by atoms with E-state index in [2.05, 4.69) is 4.99 Å². The molecule has 8 nitrogen and oxygen atoms in total. The van der Waals surface area contributed by atoms with Crippen LogP contribution in [0.5, 0.6) is 0 Å². The molecule has 1 aliphatic rings. The van der Waals surface area contributed by atoms with Crippen molar-refractivity contribution in [1.29, 1.82) is 0 Å². The van der Waals surface area contributed by atoms with Crippen LogP contribution in [0.4, 0.5) is 5.69 Å². The average Bonchev–Trinajstić information content (AvgIpc) is 2.83. The zero-order valence-electron chi connectivity index (χ0n) is 19.2. The van der Waals surface area contributed by atoms with Gasteiger partial charge in [0.25, 0.3) is 5.69 Å². The third-order valence-electron chi connectivity index (χ3n) is 5.31. The van der Waals surface area contributed by atoms with Gasteiger partial charge in [-0.15, -0.1) is 11.8 Å². The number of nitrogens with zero attached hydrogens (tertiary/aromatic N) is 2. The molecule has 2 aromatic rings. The Kier molecular flexibility index (Phi) is 8.59. The molecule has 0 N–H and O–H groups in total. The molecular formula is C25H26N2O6S. The first-order chi connectivity index (χ1) is 16.4. The Morgan fingerprint density at radius 1 is 1.06 bits per heavy atom. The topological polar surface area (TPSA) is 108 Å². The van der Waals surface area contributed by atoms with Gasteiger partial charge in [0.2, 0.25) is 0 Å². The number of aliphatic imine (C=N–C) groups is 1. The molecule has 3 rings (SSSR count). The Morgan fingerprint density at radius 2 is 1.76 bits per heavy atom. The standard InChI is InChI=1S/C25H26N2O6S/c1-4-32-24(28)21-16(3)26-20(15-34-19-12-7-6-8-13-19)23(25(29)33-5-2)22(21)17-10-9-11-18(14-17)27(30)31/h6-14,21-22H,4-5,15H2,1-3H3. The molecule has 0 fully saturated rings. The van der Waals surface area contributed by atoms with Crippen LogP contribution in [0.2, 0.25) is 0 Å². The first kappa shape index (κ1) is 25.2. The minimum Gasteiger partial charge on any atom is -0.465 e. The monoisotopic (exact) mass is 482 g/mol. The highest BCUT2D eigenvalue weighted by atomic mass is 32.2. The zero-order chi connectivity index (χ0) is 24.7. The Hall–Kier alpha value is -3.46. The van der Waals surface area contributed by atoms with Gasteiger partial charge in [0.1, 0.15) is 5.92 Å².